The minimum Gasteiger partial charge on any atom is -0.462 e. The first-order chi connectivity index (χ1) is 7.83. The largest absolute Gasteiger partial charge is 0.462 e. The third-order valence-corrected chi connectivity index (χ3v) is 2.69. The summed E-state index contributed by atoms with van der Waals surface area (Å²) in [5.74, 6) is 0.482. The maximum Gasteiger partial charge on any atom is 0.341 e. The first-order valence-electron chi connectivity index (χ1n) is 5.70. The van der Waals surface area contributed by atoms with Gasteiger partial charge in [0.25, 0.3) is 0 Å². The van der Waals surface area contributed by atoms with Crippen molar-refractivity contribution in [3.8, 4) is 0 Å². The van der Waals surface area contributed by atoms with Crippen LogP contribution in [0.3, 0.4) is 0 Å². The van der Waals surface area contributed by atoms with Gasteiger partial charge in [-0.3, -0.25) is 0 Å². The van der Waals surface area contributed by atoms with Crippen molar-refractivity contribution < 1.29 is 9.53 Å². The van der Waals surface area contributed by atoms with Gasteiger partial charge in [-0.05, 0) is 31.9 Å². The van der Waals surface area contributed by atoms with Crippen LogP contribution in [0.2, 0.25) is 0 Å². The van der Waals surface area contributed by atoms with E-state index < -0.39 is 0 Å². The van der Waals surface area contributed by atoms with E-state index >= 15 is 0 Å². The van der Waals surface area contributed by atoms with Crippen molar-refractivity contribution in [2.45, 2.75) is 19.8 Å². The summed E-state index contributed by atoms with van der Waals surface area (Å²) in [7, 11) is 0. The van der Waals surface area contributed by atoms with E-state index in [1.807, 2.05) is 6.92 Å². The van der Waals surface area contributed by atoms with E-state index in [0.717, 1.165) is 18.9 Å². The van der Waals surface area contributed by atoms with Gasteiger partial charge in [0.15, 0.2) is 0 Å². The fourth-order valence-corrected chi connectivity index (χ4v) is 1.95. The van der Waals surface area contributed by atoms with Gasteiger partial charge in [0.05, 0.1) is 6.61 Å². The van der Waals surface area contributed by atoms with Gasteiger partial charge in [0, 0.05) is 19.3 Å². The molecule has 0 amide bonds. The minimum absolute atomic E-state index is 0.280. The Morgan fingerprint density at radius 2 is 2.25 bits per heavy atom. The van der Waals surface area contributed by atoms with E-state index in [0.29, 0.717) is 12.2 Å². The van der Waals surface area contributed by atoms with Gasteiger partial charge in [-0.1, -0.05) is 0 Å². The Morgan fingerprint density at radius 1 is 1.50 bits per heavy atom. The number of ether oxygens (including phenoxy) is 1. The Bertz CT molecular complexity index is 373. The van der Waals surface area contributed by atoms with Gasteiger partial charge in [-0.2, -0.15) is 0 Å². The Balaban J connectivity index is 2.26. The predicted octanol–water partition coefficient (Wildman–Crippen LogP) is 1.86. The second-order valence-corrected chi connectivity index (χ2v) is 3.79. The number of esters is 1. The van der Waals surface area contributed by atoms with E-state index in [-0.39, 0.29) is 5.97 Å². The minimum atomic E-state index is -0.280. The molecule has 0 atom stereocenters. The molecule has 1 aliphatic heterocycles. The highest BCUT2D eigenvalue weighted by molar-refractivity contribution is 5.94. The van der Waals surface area contributed by atoms with E-state index in [9.17, 15) is 4.79 Å². The van der Waals surface area contributed by atoms with Crippen molar-refractivity contribution in [2.75, 3.05) is 24.6 Å². The monoisotopic (exact) mass is 220 g/mol. The summed E-state index contributed by atoms with van der Waals surface area (Å²) in [5.41, 5.74) is 0.575. The number of pyridine rings is 1. The van der Waals surface area contributed by atoms with Crippen LogP contribution < -0.4 is 4.90 Å². The van der Waals surface area contributed by atoms with Crippen molar-refractivity contribution in [3.05, 3.63) is 23.9 Å². The van der Waals surface area contributed by atoms with Crippen molar-refractivity contribution in [3.63, 3.8) is 0 Å². The standard InChI is InChI=1S/C12H16N2O2/c1-2-16-12(15)10-6-5-7-13-11(10)14-8-3-4-9-14/h5-7H,2-4,8-9H2,1H3. The smallest absolute Gasteiger partial charge is 0.341 e. The quantitative estimate of drug-likeness (QED) is 0.729. The molecule has 0 aliphatic carbocycles. The van der Waals surface area contributed by atoms with Crippen LogP contribution in [0.4, 0.5) is 5.82 Å². The molecule has 0 spiro atoms. The lowest BCUT2D eigenvalue weighted by atomic mass is 10.2. The number of rotatable bonds is 3. The Kier molecular flexibility index (Phi) is 3.39. The molecule has 4 nitrogen and oxygen atoms in total. The average Bonchev–Trinajstić information content (AvgIpc) is 2.83. The number of carbonyl (C=O) groups excluding carboxylic acids is 1. The van der Waals surface area contributed by atoms with E-state index in [4.69, 9.17) is 4.74 Å². The number of anilines is 1. The Labute approximate surface area is 95.2 Å². The molecule has 0 N–H and O–H groups in total. The SMILES string of the molecule is CCOC(=O)c1cccnc1N1CCCC1. The molecular weight excluding hydrogens is 204 g/mol. The molecule has 2 rings (SSSR count). The third-order valence-electron chi connectivity index (χ3n) is 2.69. The summed E-state index contributed by atoms with van der Waals surface area (Å²) in [6.45, 7) is 4.16. The molecule has 1 fully saturated rings. The summed E-state index contributed by atoms with van der Waals surface area (Å²) >= 11 is 0. The lowest BCUT2D eigenvalue weighted by molar-refractivity contribution is 0.0526. The van der Waals surface area contributed by atoms with Crippen LogP contribution in [0.5, 0.6) is 0 Å². The van der Waals surface area contributed by atoms with Crippen LogP contribution in [0.1, 0.15) is 30.1 Å². The zero-order valence-electron chi connectivity index (χ0n) is 9.48. The lowest BCUT2D eigenvalue weighted by Crippen LogP contribution is -2.22. The zero-order valence-corrected chi connectivity index (χ0v) is 9.48. The second-order valence-electron chi connectivity index (χ2n) is 3.79. The molecule has 1 aliphatic rings. The molecule has 0 unspecified atom stereocenters. The van der Waals surface area contributed by atoms with Crippen LogP contribution in [-0.2, 0) is 4.74 Å². The summed E-state index contributed by atoms with van der Waals surface area (Å²) in [5, 5.41) is 0. The number of carbonyl (C=O) groups is 1. The normalized spacial score (nSPS) is 15.2. The van der Waals surface area contributed by atoms with Crippen LogP contribution in [-0.4, -0.2) is 30.6 Å². The van der Waals surface area contributed by atoms with Gasteiger partial charge < -0.3 is 9.64 Å². The molecule has 1 aromatic rings. The molecule has 16 heavy (non-hydrogen) atoms. The fourth-order valence-electron chi connectivity index (χ4n) is 1.95. The van der Waals surface area contributed by atoms with Crippen LogP contribution >= 0.6 is 0 Å². The molecule has 0 radical (unpaired) electrons. The van der Waals surface area contributed by atoms with E-state index in [1.165, 1.54) is 12.8 Å². The highest BCUT2D eigenvalue weighted by Gasteiger charge is 2.20. The molecule has 2 heterocycles. The van der Waals surface area contributed by atoms with Crippen molar-refractivity contribution in [2.24, 2.45) is 0 Å². The summed E-state index contributed by atoms with van der Waals surface area (Å²) in [6, 6.07) is 3.55. The zero-order chi connectivity index (χ0) is 11.4. The highest BCUT2D eigenvalue weighted by atomic mass is 16.5. The predicted molar refractivity (Wildman–Crippen MR) is 61.6 cm³/mol. The number of hydrogen-bond donors (Lipinski definition) is 0. The molecule has 0 saturated carbocycles. The van der Waals surface area contributed by atoms with Crippen LogP contribution in [0.15, 0.2) is 18.3 Å². The Morgan fingerprint density at radius 3 is 2.94 bits per heavy atom. The number of aromatic nitrogens is 1. The first kappa shape index (κ1) is 10.9. The van der Waals surface area contributed by atoms with Crippen LogP contribution in [0, 0.1) is 0 Å². The second kappa shape index (κ2) is 4.96. The van der Waals surface area contributed by atoms with Crippen molar-refractivity contribution in [1.29, 1.82) is 0 Å². The maximum atomic E-state index is 11.7. The summed E-state index contributed by atoms with van der Waals surface area (Å²) < 4.78 is 5.02. The van der Waals surface area contributed by atoms with Gasteiger partial charge in [0.1, 0.15) is 11.4 Å². The topological polar surface area (TPSA) is 42.4 Å². The van der Waals surface area contributed by atoms with Crippen LogP contribution in [0.25, 0.3) is 0 Å². The first-order valence-corrected chi connectivity index (χ1v) is 5.70. The van der Waals surface area contributed by atoms with E-state index in [1.54, 1.807) is 18.3 Å². The van der Waals surface area contributed by atoms with Gasteiger partial charge in [-0.25, -0.2) is 9.78 Å². The molecule has 0 bridgehead atoms. The van der Waals surface area contributed by atoms with E-state index in [2.05, 4.69) is 9.88 Å². The molecular formula is C12H16N2O2. The third kappa shape index (κ3) is 2.15. The molecule has 0 aromatic carbocycles. The molecule has 1 aromatic heterocycles. The van der Waals surface area contributed by atoms with Gasteiger partial charge in [0.2, 0.25) is 0 Å². The molecule has 4 heteroatoms. The van der Waals surface area contributed by atoms with Crippen molar-refractivity contribution >= 4 is 11.8 Å². The summed E-state index contributed by atoms with van der Waals surface area (Å²) in [6.07, 6.45) is 4.05. The lowest BCUT2D eigenvalue weighted by Gasteiger charge is -2.18. The van der Waals surface area contributed by atoms with Crippen molar-refractivity contribution in [1.82, 2.24) is 4.98 Å². The van der Waals surface area contributed by atoms with Gasteiger partial charge in [-0.15, -0.1) is 0 Å². The Hall–Kier alpha value is -1.58. The highest BCUT2D eigenvalue weighted by Crippen LogP contribution is 2.22. The number of nitrogens with zero attached hydrogens (tertiary/aromatic N) is 2. The maximum absolute atomic E-state index is 11.7. The number of hydrogen-bond acceptors (Lipinski definition) is 4. The van der Waals surface area contributed by atoms with Gasteiger partial charge >= 0.3 is 5.97 Å². The molecule has 1 saturated heterocycles. The fraction of sp³-hybridized carbons (Fsp3) is 0.500. The average molecular weight is 220 g/mol. The summed E-state index contributed by atoms with van der Waals surface area (Å²) in [4.78, 5) is 18.2. The molecule has 86 valence electrons.